The van der Waals surface area contributed by atoms with E-state index < -0.39 is 0 Å². The van der Waals surface area contributed by atoms with Crippen molar-refractivity contribution < 1.29 is 5.21 Å². The normalized spacial score (nSPS) is 11.8. The molecule has 0 spiro atoms. The van der Waals surface area contributed by atoms with E-state index >= 15 is 0 Å². The number of hydrogen-bond donors (Lipinski definition) is 3. The number of aromatic nitrogens is 2. The Hall–Kier alpha value is -2.05. The molecule has 0 aliphatic heterocycles. The zero-order valence-corrected chi connectivity index (χ0v) is 12.5. The van der Waals surface area contributed by atoms with Crippen molar-refractivity contribution in [2.24, 2.45) is 17.9 Å². The fourth-order valence-electron chi connectivity index (χ4n) is 1.99. The van der Waals surface area contributed by atoms with E-state index in [0.29, 0.717) is 17.1 Å². The molecule has 2 rings (SSSR count). The Morgan fingerprint density at radius 1 is 1.48 bits per heavy atom. The average Bonchev–Trinajstić information content (AvgIpc) is 2.89. The van der Waals surface area contributed by atoms with Crippen LogP contribution in [0.3, 0.4) is 0 Å². The number of nitrogens with zero attached hydrogens (tertiary/aromatic N) is 3. The number of nitrogens with two attached hydrogens (primary N) is 1. The van der Waals surface area contributed by atoms with E-state index in [9.17, 15) is 0 Å². The maximum absolute atomic E-state index is 8.64. The van der Waals surface area contributed by atoms with Crippen molar-refractivity contribution in [1.29, 1.82) is 0 Å². The number of halogens is 1. The van der Waals surface area contributed by atoms with E-state index in [1.54, 1.807) is 18.3 Å². The summed E-state index contributed by atoms with van der Waals surface area (Å²) in [4.78, 5) is 0. The molecule has 4 N–H and O–H groups in total. The predicted octanol–water partition coefficient (Wildman–Crippen LogP) is 1.50. The first-order valence-corrected chi connectivity index (χ1v) is 6.93. The molecule has 0 radical (unpaired) electrons. The second kappa shape index (κ2) is 7.10. The number of amidine groups is 1. The molecule has 21 heavy (non-hydrogen) atoms. The van der Waals surface area contributed by atoms with Gasteiger partial charge in [-0.05, 0) is 17.7 Å². The van der Waals surface area contributed by atoms with Crippen LogP contribution in [0.15, 0.2) is 35.6 Å². The number of hydrogen-bond acceptors (Lipinski definition) is 4. The third-order valence-electron chi connectivity index (χ3n) is 3.25. The molecular formula is C14H18ClN5O. The number of nitrogens with one attached hydrogen (secondary N) is 1. The van der Waals surface area contributed by atoms with Crippen molar-refractivity contribution in [3.63, 3.8) is 0 Å². The Morgan fingerprint density at radius 3 is 2.90 bits per heavy atom. The van der Waals surface area contributed by atoms with E-state index in [1.165, 1.54) is 5.69 Å². The fraction of sp³-hybridized carbons (Fsp3) is 0.286. The minimum absolute atomic E-state index is 0.0487. The third kappa shape index (κ3) is 3.96. The van der Waals surface area contributed by atoms with Crippen LogP contribution < -0.4 is 11.1 Å². The molecule has 0 fully saturated rings. The Kier molecular flexibility index (Phi) is 5.19. The molecule has 0 bridgehead atoms. The van der Waals surface area contributed by atoms with Crippen LogP contribution in [0.2, 0.25) is 5.02 Å². The van der Waals surface area contributed by atoms with Gasteiger partial charge in [0.05, 0.1) is 0 Å². The zero-order chi connectivity index (χ0) is 15.2. The van der Waals surface area contributed by atoms with Gasteiger partial charge in [0.15, 0.2) is 5.84 Å². The minimum Gasteiger partial charge on any atom is -0.409 e. The summed E-state index contributed by atoms with van der Waals surface area (Å²) in [6, 6.07) is 7.33. The lowest BCUT2D eigenvalue weighted by Gasteiger charge is -2.08. The van der Waals surface area contributed by atoms with E-state index in [0.717, 1.165) is 18.5 Å². The van der Waals surface area contributed by atoms with E-state index in [4.69, 9.17) is 22.5 Å². The first-order valence-electron chi connectivity index (χ1n) is 6.55. The third-order valence-corrected chi connectivity index (χ3v) is 3.60. The lowest BCUT2D eigenvalue weighted by atomic mass is 10.1. The van der Waals surface area contributed by atoms with Gasteiger partial charge in [-0.1, -0.05) is 28.9 Å². The van der Waals surface area contributed by atoms with Gasteiger partial charge in [-0.25, -0.2) is 0 Å². The van der Waals surface area contributed by atoms with Crippen molar-refractivity contribution in [2.45, 2.75) is 13.0 Å². The lowest BCUT2D eigenvalue weighted by Crippen LogP contribution is -2.18. The second-order valence-electron chi connectivity index (χ2n) is 4.66. The molecule has 1 heterocycles. The SMILES string of the molecule is Cn1nccc1CCNCc1ccc(/C(N)=N/O)cc1Cl. The summed E-state index contributed by atoms with van der Waals surface area (Å²) < 4.78 is 1.86. The van der Waals surface area contributed by atoms with Gasteiger partial charge in [-0.2, -0.15) is 5.10 Å². The van der Waals surface area contributed by atoms with Gasteiger partial charge in [0.25, 0.3) is 0 Å². The molecule has 0 atom stereocenters. The molecule has 0 aliphatic rings. The highest BCUT2D eigenvalue weighted by Gasteiger charge is 2.05. The molecule has 7 heteroatoms. The van der Waals surface area contributed by atoms with Crippen LogP contribution in [0.1, 0.15) is 16.8 Å². The summed E-state index contributed by atoms with van der Waals surface area (Å²) in [5, 5.41) is 19.6. The predicted molar refractivity (Wildman–Crippen MR) is 82.6 cm³/mol. The summed E-state index contributed by atoms with van der Waals surface area (Å²) in [5.41, 5.74) is 8.26. The second-order valence-corrected chi connectivity index (χ2v) is 5.07. The summed E-state index contributed by atoms with van der Waals surface area (Å²) in [6.07, 6.45) is 2.69. The van der Waals surface area contributed by atoms with E-state index in [1.807, 2.05) is 23.9 Å². The van der Waals surface area contributed by atoms with Crippen LogP contribution in [0.5, 0.6) is 0 Å². The minimum atomic E-state index is 0.0487. The van der Waals surface area contributed by atoms with Crippen LogP contribution in [-0.4, -0.2) is 27.4 Å². The highest BCUT2D eigenvalue weighted by atomic mass is 35.5. The number of oxime groups is 1. The van der Waals surface area contributed by atoms with Gasteiger partial charge in [-0.3, -0.25) is 4.68 Å². The van der Waals surface area contributed by atoms with Gasteiger partial charge in [0.1, 0.15) is 0 Å². The summed E-state index contributed by atoms with van der Waals surface area (Å²) in [6.45, 7) is 1.49. The molecule has 0 aliphatic carbocycles. The Balaban J connectivity index is 1.87. The quantitative estimate of drug-likeness (QED) is 0.248. The highest BCUT2D eigenvalue weighted by Crippen LogP contribution is 2.17. The smallest absolute Gasteiger partial charge is 0.170 e. The van der Waals surface area contributed by atoms with Crippen molar-refractivity contribution in [3.8, 4) is 0 Å². The van der Waals surface area contributed by atoms with Gasteiger partial charge < -0.3 is 16.3 Å². The van der Waals surface area contributed by atoms with Crippen molar-refractivity contribution in [1.82, 2.24) is 15.1 Å². The van der Waals surface area contributed by atoms with Gasteiger partial charge in [0, 0.05) is 49.0 Å². The van der Waals surface area contributed by atoms with Crippen LogP contribution in [0.25, 0.3) is 0 Å². The Bertz CT molecular complexity index is 638. The van der Waals surface area contributed by atoms with E-state index in [2.05, 4.69) is 15.6 Å². The maximum Gasteiger partial charge on any atom is 0.170 e. The number of rotatable bonds is 6. The maximum atomic E-state index is 8.64. The Morgan fingerprint density at radius 2 is 2.29 bits per heavy atom. The van der Waals surface area contributed by atoms with Crippen molar-refractivity contribution in [2.75, 3.05) is 6.54 Å². The van der Waals surface area contributed by atoms with Crippen LogP contribution in [0, 0.1) is 0 Å². The number of benzene rings is 1. The van der Waals surface area contributed by atoms with Crippen LogP contribution in [0.4, 0.5) is 0 Å². The topological polar surface area (TPSA) is 88.5 Å². The van der Waals surface area contributed by atoms with Crippen LogP contribution in [-0.2, 0) is 20.0 Å². The molecule has 0 amide bonds. The molecule has 0 unspecified atom stereocenters. The van der Waals surface area contributed by atoms with Gasteiger partial charge in [-0.15, -0.1) is 0 Å². The molecule has 1 aromatic heterocycles. The van der Waals surface area contributed by atoms with Crippen molar-refractivity contribution >= 4 is 17.4 Å². The summed E-state index contributed by atoms with van der Waals surface area (Å²) in [7, 11) is 1.93. The first-order chi connectivity index (χ1) is 10.1. The molecule has 0 saturated heterocycles. The first kappa shape index (κ1) is 15.3. The van der Waals surface area contributed by atoms with Gasteiger partial charge in [0.2, 0.25) is 0 Å². The lowest BCUT2D eigenvalue weighted by molar-refractivity contribution is 0.318. The van der Waals surface area contributed by atoms with Crippen molar-refractivity contribution in [3.05, 3.63) is 52.3 Å². The number of aryl methyl sites for hydroxylation is 1. The zero-order valence-electron chi connectivity index (χ0n) is 11.8. The summed E-state index contributed by atoms with van der Waals surface area (Å²) >= 11 is 6.19. The average molecular weight is 308 g/mol. The molecule has 6 nitrogen and oxygen atoms in total. The molecule has 1 aromatic carbocycles. The highest BCUT2D eigenvalue weighted by molar-refractivity contribution is 6.31. The molecule has 2 aromatic rings. The van der Waals surface area contributed by atoms with E-state index in [-0.39, 0.29) is 5.84 Å². The van der Waals surface area contributed by atoms with Gasteiger partial charge >= 0.3 is 0 Å². The molecular weight excluding hydrogens is 290 g/mol. The Labute approximate surface area is 128 Å². The van der Waals surface area contributed by atoms with Crippen LogP contribution >= 0.6 is 11.6 Å². The molecule has 112 valence electrons. The monoisotopic (exact) mass is 307 g/mol. The largest absolute Gasteiger partial charge is 0.409 e. The standard InChI is InChI=1S/C14H18ClN5O/c1-20-12(5-7-18-20)4-6-17-9-11-3-2-10(8-13(11)15)14(16)19-21/h2-3,5,7-8,17,21H,4,6,9H2,1H3,(H2,16,19). The fourth-order valence-corrected chi connectivity index (χ4v) is 2.24. The summed E-state index contributed by atoms with van der Waals surface area (Å²) in [5.74, 6) is 0.0487. The molecule has 0 saturated carbocycles.